The minimum Gasteiger partial charge on any atom is -0.380 e. The molecular weight excluding hydrogens is 234 g/mol. The molecule has 4 N–H and O–H groups in total. The van der Waals surface area contributed by atoms with Crippen LogP contribution in [-0.2, 0) is 14.3 Å². The van der Waals surface area contributed by atoms with Gasteiger partial charge in [0.2, 0.25) is 5.91 Å². The summed E-state index contributed by atoms with van der Waals surface area (Å²) in [6.45, 7) is 9.93. The lowest BCUT2D eigenvalue weighted by atomic mass is 10.0. The van der Waals surface area contributed by atoms with Crippen molar-refractivity contribution in [1.29, 1.82) is 0 Å². The molecule has 0 saturated carbocycles. The Hall–Kier alpha value is -0.690. The summed E-state index contributed by atoms with van der Waals surface area (Å²) in [4.78, 5) is 13.3. The molecule has 1 unspecified atom stereocenters. The van der Waals surface area contributed by atoms with Gasteiger partial charge in [-0.25, -0.2) is 0 Å². The van der Waals surface area contributed by atoms with Gasteiger partial charge in [0, 0.05) is 32.8 Å². The number of hydrogen-bond acceptors (Lipinski definition) is 5. The van der Waals surface area contributed by atoms with Crippen molar-refractivity contribution in [2.75, 3.05) is 46.1 Å². The van der Waals surface area contributed by atoms with E-state index in [1.165, 1.54) is 0 Å². The standard InChI is InChI=1S/C12H27N3O3/c1-4-17-8-6-15(7-9-18-5-2)10-12(3,14)11(13)16/h4-10,14H2,1-3H3,(H2,13,16). The van der Waals surface area contributed by atoms with Gasteiger partial charge in [-0.05, 0) is 20.8 Å². The van der Waals surface area contributed by atoms with Crippen LogP contribution in [0, 0.1) is 0 Å². The highest BCUT2D eigenvalue weighted by atomic mass is 16.5. The second-order valence-corrected chi connectivity index (χ2v) is 4.45. The van der Waals surface area contributed by atoms with Crippen LogP contribution >= 0.6 is 0 Å². The number of rotatable bonds is 11. The first-order valence-electron chi connectivity index (χ1n) is 6.40. The van der Waals surface area contributed by atoms with Gasteiger partial charge in [0.1, 0.15) is 5.54 Å². The van der Waals surface area contributed by atoms with Gasteiger partial charge >= 0.3 is 0 Å². The Labute approximate surface area is 110 Å². The van der Waals surface area contributed by atoms with Gasteiger partial charge in [-0.3, -0.25) is 9.69 Å². The van der Waals surface area contributed by atoms with Gasteiger partial charge in [-0.15, -0.1) is 0 Å². The molecule has 0 spiro atoms. The largest absolute Gasteiger partial charge is 0.380 e. The van der Waals surface area contributed by atoms with E-state index in [2.05, 4.69) is 0 Å². The van der Waals surface area contributed by atoms with Gasteiger partial charge in [-0.2, -0.15) is 0 Å². The molecule has 0 aliphatic heterocycles. The van der Waals surface area contributed by atoms with Crippen LogP contribution in [0.4, 0.5) is 0 Å². The second-order valence-electron chi connectivity index (χ2n) is 4.45. The monoisotopic (exact) mass is 261 g/mol. The molecule has 1 atom stereocenters. The molecule has 6 heteroatoms. The number of ether oxygens (including phenoxy) is 2. The number of carbonyl (C=O) groups is 1. The molecule has 6 nitrogen and oxygen atoms in total. The van der Waals surface area contributed by atoms with Crippen LogP contribution in [0.3, 0.4) is 0 Å². The van der Waals surface area contributed by atoms with Crippen molar-refractivity contribution in [3.63, 3.8) is 0 Å². The average molecular weight is 261 g/mol. The highest BCUT2D eigenvalue weighted by molar-refractivity contribution is 5.84. The summed E-state index contributed by atoms with van der Waals surface area (Å²) >= 11 is 0. The predicted octanol–water partition coefficient (Wildman–Crippen LogP) is -0.436. The molecule has 18 heavy (non-hydrogen) atoms. The molecule has 0 aromatic heterocycles. The zero-order valence-corrected chi connectivity index (χ0v) is 11.8. The molecule has 0 rings (SSSR count). The number of amides is 1. The number of nitrogens with two attached hydrogens (primary N) is 2. The number of hydrogen-bond donors (Lipinski definition) is 2. The molecule has 0 fully saturated rings. The third-order valence-corrected chi connectivity index (χ3v) is 2.63. The number of primary amides is 1. The maximum absolute atomic E-state index is 11.2. The Bertz CT molecular complexity index is 225. The van der Waals surface area contributed by atoms with Crippen molar-refractivity contribution >= 4 is 5.91 Å². The maximum Gasteiger partial charge on any atom is 0.238 e. The fraction of sp³-hybridized carbons (Fsp3) is 0.917. The highest BCUT2D eigenvalue weighted by Gasteiger charge is 2.28. The Morgan fingerprint density at radius 3 is 1.94 bits per heavy atom. The van der Waals surface area contributed by atoms with E-state index in [0.29, 0.717) is 46.1 Å². The molecule has 0 radical (unpaired) electrons. The zero-order valence-electron chi connectivity index (χ0n) is 11.8. The van der Waals surface area contributed by atoms with Crippen LogP contribution in [-0.4, -0.2) is 62.4 Å². The van der Waals surface area contributed by atoms with Crippen LogP contribution in [0.5, 0.6) is 0 Å². The van der Waals surface area contributed by atoms with E-state index in [1.54, 1.807) is 6.92 Å². The van der Waals surface area contributed by atoms with Gasteiger partial charge in [-0.1, -0.05) is 0 Å². The molecule has 0 aromatic rings. The third-order valence-electron chi connectivity index (χ3n) is 2.63. The van der Waals surface area contributed by atoms with Crippen molar-refractivity contribution in [3.05, 3.63) is 0 Å². The summed E-state index contributed by atoms with van der Waals surface area (Å²) in [5, 5.41) is 0. The Morgan fingerprint density at radius 2 is 1.61 bits per heavy atom. The van der Waals surface area contributed by atoms with E-state index >= 15 is 0 Å². The highest BCUT2D eigenvalue weighted by Crippen LogP contribution is 2.03. The summed E-state index contributed by atoms with van der Waals surface area (Å²) in [5.74, 6) is -0.500. The molecule has 0 bridgehead atoms. The summed E-state index contributed by atoms with van der Waals surface area (Å²) in [6, 6.07) is 0. The van der Waals surface area contributed by atoms with Crippen LogP contribution < -0.4 is 11.5 Å². The van der Waals surface area contributed by atoms with Crippen LogP contribution in [0.15, 0.2) is 0 Å². The number of carbonyl (C=O) groups excluding carboxylic acids is 1. The fourth-order valence-corrected chi connectivity index (χ4v) is 1.49. The quantitative estimate of drug-likeness (QED) is 0.492. The summed E-state index contributed by atoms with van der Waals surface area (Å²) < 4.78 is 10.6. The summed E-state index contributed by atoms with van der Waals surface area (Å²) in [6.07, 6.45) is 0. The number of nitrogens with zero attached hydrogens (tertiary/aromatic N) is 1. The van der Waals surface area contributed by atoms with Crippen LogP contribution in [0.1, 0.15) is 20.8 Å². The van der Waals surface area contributed by atoms with E-state index in [9.17, 15) is 4.79 Å². The fourth-order valence-electron chi connectivity index (χ4n) is 1.49. The lowest BCUT2D eigenvalue weighted by Crippen LogP contribution is -2.57. The van der Waals surface area contributed by atoms with E-state index in [1.807, 2.05) is 18.7 Å². The molecular formula is C12H27N3O3. The minimum atomic E-state index is -1.03. The Kier molecular flexibility index (Phi) is 8.91. The van der Waals surface area contributed by atoms with Crippen molar-refractivity contribution < 1.29 is 14.3 Å². The van der Waals surface area contributed by atoms with Gasteiger partial charge in [0.05, 0.1) is 13.2 Å². The van der Waals surface area contributed by atoms with E-state index in [-0.39, 0.29) is 0 Å². The third kappa shape index (κ3) is 7.60. The Balaban J connectivity index is 4.22. The van der Waals surface area contributed by atoms with Gasteiger partial charge < -0.3 is 20.9 Å². The Morgan fingerprint density at radius 1 is 1.17 bits per heavy atom. The first-order chi connectivity index (χ1) is 8.44. The van der Waals surface area contributed by atoms with E-state index in [4.69, 9.17) is 20.9 Å². The SMILES string of the molecule is CCOCCN(CCOCC)CC(C)(N)C(N)=O. The summed E-state index contributed by atoms with van der Waals surface area (Å²) in [7, 11) is 0. The van der Waals surface area contributed by atoms with Crippen molar-refractivity contribution in [3.8, 4) is 0 Å². The topological polar surface area (TPSA) is 90.8 Å². The van der Waals surface area contributed by atoms with Crippen molar-refractivity contribution in [2.45, 2.75) is 26.3 Å². The first kappa shape index (κ1) is 17.3. The molecule has 0 heterocycles. The molecule has 0 aliphatic rings. The maximum atomic E-state index is 11.2. The molecule has 0 saturated heterocycles. The first-order valence-corrected chi connectivity index (χ1v) is 6.40. The van der Waals surface area contributed by atoms with E-state index in [0.717, 1.165) is 0 Å². The lowest BCUT2D eigenvalue weighted by molar-refractivity contribution is -0.123. The van der Waals surface area contributed by atoms with Gasteiger partial charge in [0.25, 0.3) is 0 Å². The second kappa shape index (κ2) is 9.27. The lowest BCUT2D eigenvalue weighted by Gasteiger charge is -2.30. The molecule has 0 aliphatic carbocycles. The predicted molar refractivity (Wildman–Crippen MR) is 71.2 cm³/mol. The zero-order chi connectivity index (χ0) is 14.0. The molecule has 108 valence electrons. The minimum absolute atomic E-state index is 0.405. The average Bonchev–Trinajstić information content (AvgIpc) is 2.28. The summed E-state index contributed by atoms with van der Waals surface area (Å²) in [5.41, 5.74) is 10.1. The van der Waals surface area contributed by atoms with Crippen molar-refractivity contribution in [1.82, 2.24) is 4.90 Å². The normalized spacial score (nSPS) is 14.7. The molecule has 1 amide bonds. The smallest absolute Gasteiger partial charge is 0.238 e. The van der Waals surface area contributed by atoms with E-state index < -0.39 is 11.4 Å². The molecule has 0 aromatic carbocycles. The van der Waals surface area contributed by atoms with Crippen LogP contribution in [0.25, 0.3) is 0 Å². The van der Waals surface area contributed by atoms with Crippen LogP contribution in [0.2, 0.25) is 0 Å². The van der Waals surface area contributed by atoms with Crippen molar-refractivity contribution in [2.24, 2.45) is 11.5 Å². The van der Waals surface area contributed by atoms with Gasteiger partial charge in [0.15, 0.2) is 0 Å².